The Morgan fingerprint density at radius 3 is 2.54 bits per heavy atom. The molecule has 1 saturated heterocycles. The van der Waals surface area contributed by atoms with Crippen molar-refractivity contribution in [1.29, 1.82) is 0 Å². The summed E-state index contributed by atoms with van der Waals surface area (Å²) < 4.78 is 11.0. The predicted molar refractivity (Wildman–Crippen MR) is 119 cm³/mol. The highest BCUT2D eigenvalue weighted by molar-refractivity contribution is 14.0. The molecule has 0 aliphatic carbocycles. The first-order valence-corrected chi connectivity index (χ1v) is 9.54. The minimum absolute atomic E-state index is 0. The Bertz CT molecular complexity index is 505. The van der Waals surface area contributed by atoms with Crippen LogP contribution in [-0.2, 0) is 14.9 Å². The molecule has 148 valence electrons. The quantitative estimate of drug-likeness (QED) is 0.249. The Morgan fingerprint density at radius 2 is 1.88 bits per heavy atom. The second-order valence-electron chi connectivity index (χ2n) is 6.43. The van der Waals surface area contributed by atoms with Crippen molar-refractivity contribution < 1.29 is 9.47 Å². The molecule has 0 amide bonds. The van der Waals surface area contributed by atoms with E-state index in [-0.39, 0.29) is 29.4 Å². The molecule has 0 atom stereocenters. The molecule has 1 aliphatic heterocycles. The fourth-order valence-corrected chi connectivity index (χ4v) is 3.19. The van der Waals surface area contributed by atoms with Crippen LogP contribution >= 0.6 is 24.0 Å². The van der Waals surface area contributed by atoms with Crippen LogP contribution in [0.5, 0.6) is 0 Å². The van der Waals surface area contributed by atoms with E-state index in [0.29, 0.717) is 0 Å². The molecule has 26 heavy (non-hydrogen) atoms. The molecule has 1 aromatic rings. The fourth-order valence-electron chi connectivity index (χ4n) is 3.19. The number of nitrogens with zero attached hydrogens (tertiary/aromatic N) is 1. The first kappa shape index (κ1) is 23.2. The van der Waals surface area contributed by atoms with Crippen LogP contribution in [-0.4, -0.2) is 52.0 Å². The number of nitrogens with one attached hydrogen (secondary N) is 2. The van der Waals surface area contributed by atoms with Crippen LogP contribution < -0.4 is 10.6 Å². The highest BCUT2D eigenvalue weighted by Gasteiger charge is 2.34. The number of halogens is 1. The molecule has 2 N–H and O–H groups in total. The van der Waals surface area contributed by atoms with Crippen LogP contribution in [0.15, 0.2) is 35.3 Å². The molecule has 0 spiro atoms. The van der Waals surface area contributed by atoms with Crippen molar-refractivity contribution in [1.82, 2.24) is 10.6 Å². The summed E-state index contributed by atoms with van der Waals surface area (Å²) in [6.45, 7) is 9.80. The van der Waals surface area contributed by atoms with Crippen LogP contribution in [0.25, 0.3) is 0 Å². The Kier molecular flexibility index (Phi) is 11.9. The topological polar surface area (TPSA) is 54.9 Å². The number of ether oxygens (including phenoxy) is 2. The van der Waals surface area contributed by atoms with Gasteiger partial charge < -0.3 is 20.1 Å². The van der Waals surface area contributed by atoms with E-state index in [9.17, 15) is 0 Å². The second kappa shape index (κ2) is 13.3. The maximum Gasteiger partial charge on any atom is 0.191 e. The average molecular weight is 475 g/mol. The summed E-state index contributed by atoms with van der Waals surface area (Å²) in [7, 11) is 0. The predicted octanol–water partition coefficient (Wildman–Crippen LogP) is 3.33. The van der Waals surface area contributed by atoms with E-state index in [0.717, 1.165) is 71.3 Å². The minimum Gasteiger partial charge on any atom is -0.382 e. The van der Waals surface area contributed by atoms with Gasteiger partial charge in [0, 0.05) is 44.9 Å². The molecule has 5 nitrogen and oxygen atoms in total. The highest BCUT2D eigenvalue weighted by atomic mass is 127. The number of hydrogen-bond donors (Lipinski definition) is 2. The zero-order valence-corrected chi connectivity index (χ0v) is 18.5. The Morgan fingerprint density at radius 1 is 1.15 bits per heavy atom. The number of rotatable bonds is 9. The van der Waals surface area contributed by atoms with Gasteiger partial charge in [-0.3, -0.25) is 4.99 Å². The fraction of sp³-hybridized carbons (Fsp3) is 0.650. The number of benzene rings is 1. The summed E-state index contributed by atoms with van der Waals surface area (Å²) in [5, 5.41) is 6.76. The molecule has 2 rings (SSSR count). The molecule has 0 bridgehead atoms. The van der Waals surface area contributed by atoms with Crippen LogP contribution in [0.3, 0.4) is 0 Å². The molecule has 1 aliphatic rings. The van der Waals surface area contributed by atoms with Crippen molar-refractivity contribution in [2.45, 2.75) is 38.5 Å². The van der Waals surface area contributed by atoms with Gasteiger partial charge in [0.05, 0.1) is 6.54 Å². The summed E-state index contributed by atoms with van der Waals surface area (Å²) in [5.41, 5.74) is 1.45. The summed E-state index contributed by atoms with van der Waals surface area (Å²) in [5.74, 6) is 0.890. The van der Waals surface area contributed by atoms with Crippen molar-refractivity contribution in [3.8, 4) is 0 Å². The van der Waals surface area contributed by atoms with E-state index < -0.39 is 0 Å². The van der Waals surface area contributed by atoms with E-state index in [1.165, 1.54) is 5.56 Å². The van der Waals surface area contributed by atoms with Gasteiger partial charge in [0.15, 0.2) is 5.96 Å². The third kappa shape index (κ3) is 7.40. The van der Waals surface area contributed by atoms with Gasteiger partial charge in [-0.25, -0.2) is 0 Å². The van der Waals surface area contributed by atoms with Gasteiger partial charge in [-0.1, -0.05) is 30.3 Å². The monoisotopic (exact) mass is 475 g/mol. The molecule has 0 unspecified atom stereocenters. The van der Waals surface area contributed by atoms with Crippen LogP contribution in [0, 0.1) is 0 Å². The lowest BCUT2D eigenvalue weighted by atomic mass is 9.74. The van der Waals surface area contributed by atoms with E-state index in [2.05, 4.69) is 47.9 Å². The van der Waals surface area contributed by atoms with E-state index in [1.807, 2.05) is 6.92 Å². The SMILES string of the molecule is CCNC(=NCC1(c2ccccc2)CCOCC1)NCCCOCC.I. The van der Waals surface area contributed by atoms with Crippen molar-refractivity contribution in [2.75, 3.05) is 46.1 Å². The van der Waals surface area contributed by atoms with Gasteiger partial charge in [-0.2, -0.15) is 0 Å². The van der Waals surface area contributed by atoms with E-state index in [1.54, 1.807) is 0 Å². The van der Waals surface area contributed by atoms with Gasteiger partial charge in [-0.05, 0) is 38.7 Å². The van der Waals surface area contributed by atoms with Crippen LogP contribution in [0.4, 0.5) is 0 Å². The minimum atomic E-state index is 0. The zero-order valence-electron chi connectivity index (χ0n) is 16.1. The van der Waals surface area contributed by atoms with Gasteiger partial charge in [-0.15, -0.1) is 24.0 Å². The summed E-state index contributed by atoms with van der Waals surface area (Å²) in [6, 6.07) is 10.8. The molecule has 0 aromatic heterocycles. The molecular weight excluding hydrogens is 441 g/mol. The van der Waals surface area contributed by atoms with E-state index in [4.69, 9.17) is 14.5 Å². The van der Waals surface area contributed by atoms with Gasteiger partial charge in [0.2, 0.25) is 0 Å². The number of guanidine groups is 1. The molecule has 1 fully saturated rings. The summed E-state index contributed by atoms with van der Waals surface area (Å²) in [6.07, 6.45) is 3.02. The zero-order chi connectivity index (χ0) is 17.8. The molecule has 1 aromatic carbocycles. The lowest BCUT2D eigenvalue weighted by Crippen LogP contribution is -2.41. The Labute approximate surface area is 175 Å². The van der Waals surface area contributed by atoms with Crippen LogP contribution in [0.1, 0.15) is 38.7 Å². The van der Waals surface area contributed by atoms with Crippen LogP contribution in [0.2, 0.25) is 0 Å². The van der Waals surface area contributed by atoms with Gasteiger partial charge in [0.25, 0.3) is 0 Å². The van der Waals surface area contributed by atoms with Crippen molar-refractivity contribution in [3.63, 3.8) is 0 Å². The normalized spacial score (nSPS) is 16.6. The first-order valence-electron chi connectivity index (χ1n) is 9.54. The van der Waals surface area contributed by atoms with E-state index >= 15 is 0 Å². The maximum atomic E-state index is 5.61. The molecule has 6 heteroatoms. The van der Waals surface area contributed by atoms with Crippen molar-refractivity contribution >= 4 is 29.9 Å². The Hall–Kier alpha value is -0.860. The third-order valence-electron chi connectivity index (χ3n) is 4.68. The average Bonchev–Trinajstić information content (AvgIpc) is 2.67. The Balaban J connectivity index is 0.00000338. The second-order valence-corrected chi connectivity index (χ2v) is 6.43. The van der Waals surface area contributed by atoms with Gasteiger partial charge >= 0.3 is 0 Å². The lowest BCUT2D eigenvalue weighted by Gasteiger charge is -2.36. The summed E-state index contributed by atoms with van der Waals surface area (Å²) in [4.78, 5) is 4.90. The first-order chi connectivity index (χ1) is 12.3. The smallest absolute Gasteiger partial charge is 0.191 e. The van der Waals surface area contributed by atoms with Gasteiger partial charge in [0.1, 0.15) is 0 Å². The maximum absolute atomic E-state index is 5.61. The lowest BCUT2D eigenvalue weighted by molar-refractivity contribution is 0.0531. The largest absolute Gasteiger partial charge is 0.382 e. The number of aliphatic imine (C=N–C) groups is 1. The standard InChI is InChI=1S/C20H33N3O2.HI/c1-3-21-19(22-13-8-14-24-4-2)23-17-20(11-15-25-16-12-20)18-9-6-5-7-10-18;/h5-7,9-10H,3-4,8,11-17H2,1-2H3,(H2,21,22,23);1H. The molecule has 0 saturated carbocycles. The molecular formula is C20H34IN3O2. The number of hydrogen-bond acceptors (Lipinski definition) is 3. The third-order valence-corrected chi connectivity index (χ3v) is 4.68. The molecule has 1 heterocycles. The van der Waals surface area contributed by atoms with Crippen molar-refractivity contribution in [3.05, 3.63) is 35.9 Å². The van der Waals surface area contributed by atoms with Crippen molar-refractivity contribution in [2.24, 2.45) is 4.99 Å². The summed E-state index contributed by atoms with van der Waals surface area (Å²) >= 11 is 0. The highest BCUT2D eigenvalue weighted by Crippen LogP contribution is 2.35. The molecule has 0 radical (unpaired) electrons.